The van der Waals surface area contributed by atoms with Crippen molar-refractivity contribution in [1.82, 2.24) is 9.88 Å². The Morgan fingerprint density at radius 2 is 1.90 bits per heavy atom. The van der Waals surface area contributed by atoms with Gasteiger partial charge in [-0.05, 0) is 70.5 Å². The van der Waals surface area contributed by atoms with Crippen molar-refractivity contribution in [3.8, 4) is 0 Å². The molecule has 3 unspecified atom stereocenters. The molecule has 1 aliphatic heterocycles. The van der Waals surface area contributed by atoms with E-state index in [0.29, 0.717) is 0 Å². The summed E-state index contributed by atoms with van der Waals surface area (Å²) in [4.78, 5) is 6.09. The minimum atomic E-state index is 0.0219. The summed E-state index contributed by atoms with van der Waals surface area (Å²) in [5, 5.41) is 1.37. The van der Waals surface area contributed by atoms with Gasteiger partial charge in [-0.2, -0.15) is 0 Å². The van der Waals surface area contributed by atoms with Gasteiger partial charge in [0.05, 0.1) is 12.2 Å². The van der Waals surface area contributed by atoms with Crippen molar-refractivity contribution in [2.24, 2.45) is 0 Å². The van der Waals surface area contributed by atoms with Gasteiger partial charge in [-0.3, -0.25) is 4.90 Å². The Labute approximate surface area is 175 Å². The van der Waals surface area contributed by atoms with Crippen LogP contribution in [0, 0.1) is 6.92 Å². The Morgan fingerprint density at radius 1 is 1.14 bits per heavy atom. The Morgan fingerprint density at radius 3 is 2.59 bits per heavy atom. The van der Waals surface area contributed by atoms with E-state index < -0.39 is 0 Å². The zero-order valence-corrected chi connectivity index (χ0v) is 18.5. The molecule has 0 fully saturated rings. The molecule has 2 aromatic carbocycles. The van der Waals surface area contributed by atoms with E-state index >= 15 is 0 Å². The molecule has 29 heavy (non-hydrogen) atoms. The Bertz CT molecular complexity index is 975. The average Bonchev–Trinajstić information content (AvgIpc) is 3.07. The molecule has 0 saturated carbocycles. The third-order valence-electron chi connectivity index (χ3n) is 6.88. The number of H-pyrrole nitrogens is 1. The van der Waals surface area contributed by atoms with E-state index in [-0.39, 0.29) is 17.7 Å². The number of aromatic amines is 1. The van der Waals surface area contributed by atoms with Crippen molar-refractivity contribution in [1.29, 1.82) is 0 Å². The van der Waals surface area contributed by atoms with Crippen molar-refractivity contribution in [3.63, 3.8) is 0 Å². The third-order valence-corrected chi connectivity index (χ3v) is 6.88. The van der Waals surface area contributed by atoms with Gasteiger partial charge >= 0.3 is 0 Å². The Kier molecular flexibility index (Phi) is 5.54. The van der Waals surface area contributed by atoms with Crippen LogP contribution in [0.5, 0.6) is 0 Å². The molecular formula is C26H34N2O. The van der Waals surface area contributed by atoms with Gasteiger partial charge in [0.2, 0.25) is 0 Å². The third kappa shape index (κ3) is 3.62. The van der Waals surface area contributed by atoms with E-state index in [1.54, 1.807) is 0 Å². The number of rotatable bonds is 6. The van der Waals surface area contributed by atoms with E-state index in [1.165, 1.54) is 33.3 Å². The van der Waals surface area contributed by atoms with Crippen molar-refractivity contribution in [3.05, 3.63) is 70.9 Å². The summed E-state index contributed by atoms with van der Waals surface area (Å²) in [5.74, 6) is 0. The smallest absolute Gasteiger partial charge is 0.0980 e. The van der Waals surface area contributed by atoms with Gasteiger partial charge in [-0.15, -0.1) is 0 Å². The van der Waals surface area contributed by atoms with Crippen molar-refractivity contribution < 1.29 is 4.74 Å². The van der Waals surface area contributed by atoms with Gasteiger partial charge < -0.3 is 9.72 Å². The number of fused-ring (bicyclic) bond motifs is 3. The minimum Gasteiger partial charge on any atom is -0.369 e. The molecule has 0 saturated heterocycles. The standard InChI is InChI=1S/C26H34N2O/c1-6-26(28(4)5,20-10-8-7-9-11-20)15-14-24-25-22(17-19(3)29-24)21-16-18(2)12-13-23(21)27-25/h7-13,16,19,24,27H,6,14-15,17H2,1-5H3. The molecule has 2 heterocycles. The lowest BCUT2D eigenvalue weighted by Crippen LogP contribution is -2.41. The zero-order valence-electron chi connectivity index (χ0n) is 18.5. The molecule has 0 bridgehead atoms. The fourth-order valence-electron chi connectivity index (χ4n) is 5.22. The largest absolute Gasteiger partial charge is 0.369 e. The first kappa shape index (κ1) is 20.2. The predicted molar refractivity (Wildman–Crippen MR) is 121 cm³/mol. The van der Waals surface area contributed by atoms with Gasteiger partial charge in [0.25, 0.3) is 0 Å². The highest BCUT2D eigenvalue weighted by atomic mass is 16.5. The molecular weight excluding hydrogens is 356 g/mol. The normalized spacial score (nSPS) is 21.3. The first-order valence-electron chi connectivity index (χ1n) is 10.9. The maximum absolute atomic E-state index is 6.48. The summed E-state index contributed by atoms with van der Waals surface area (Å²) in [6.45, 7) is 6.68. The molecule has 0 aliphatic carbocycles. The Hall–Kier alpha value is -2.10. The topological polar surface area (TPSA) is 28.3 Å². The van der Waals surface area contributed by atoms with Crippen molar-refractivity contribution in [2.45, 2.75) is 64.2 Å². The molecule has 4 rings (SSSR count). The highest BCUT2D eigenvalue weighted by Crippen LogP contribution is 2.42. The number of ether oxygens (including phenoxy) is 1. The number of nitrogens with zero attached hydrogens (tertiary/aromatic N) is 1. The molecule has 0 radical (unpaired) electrons. The first-order valence-corrected chi connectivity index (χ1v) is 10.9. The maximum atomic E-state index is 6.48. The summed E-state index contributed by atoms with van der Waals surface area (Å²) in [6.07, 6.45) is 4.50. The Balaban J connectivity index is 1.67. The van der Waals surface area contributed by atoms with Crippen molar-refractivity contribution in [2.75, 3.05) is 14.1 Å². The molecule has 0 spiro atoms. The highest BCUT2D eigenvalue weighted by Gasteiger charge is 2.36. The minimum absolute atomic E-state index is 0.0219. The molecule has 1 aromatic heterocycles. The van der Waals surface area contributed by atoms with Crippen LogP contribution in [0.25, 0.3) is 10.9 Å². The molecule has 3 nitrogen and oxygen atoms in total. The lowest BCUT2D eigenvalue weighted by Gasteiger charge is -2.41. The molecule has 1 aliphatic rings. The SMILES string of the molecule is CCC(CCC1OC(C)Cc2c1[nH]c1ccc(C)cc21)(c1ccccc1)N(C)C. The van der Waals surface area contributed by atoms with Crippen LogP contribution >= 0.6 is 0 Å². The monoisotopic (exact) mass is 390 g/mol. The van der Waals surface area contributed by atoms with Gasteiger partial charge in [0.15, 0.2) is 0 Å². The lowest BCUT2D eigenvalue weighted by atomic mass is 9.80. The second-order valence-electron chi connectivity index (χ2n) is 8.89. The van der Waals surface area contributed by atoms with Crippen LogP contribution in [0.3, 0.4) is 0 Å². The fourth-order valence-corrected chi connectivity index (χ4v) is 5.22. The maximum Gasteiger partial charge on any atom is 0.0980 e. The molecule has 154 valence electrons. The van der Waals surface area contributed by atoms with Crippen LogP contribution in [0.15, 0.2) is 48.5 Å². The van der Waals surface area contributed by atoms with Gasteiger partial charge in [-0.1, -0.05) is 48.9 Å². The van der Waals surface area contributed by atoms with E-state index in [2.05, 4.69) is 93.3 Å². The molecule has 1 N–H and O–H groups in total. The van der Waals surface area contributed by atoms with Crippen LogP contribution in [0.4, 0.5) is 0 Å². The number of nitrogens with one attached hydrogen (secondary N) is 1. The van der Waals surface area contributed by atoms with Crippen LogP contribution in [-0.2, 0) is 16.7 Å². The van der Waals surface area contributed by atoms with Gasteiger partial charge in [0.1, 0.15) is 0 Å². The molecule has 0 amide bonds. The zero-order chi connectivity index (χ0) is 20.6. The second-order valence-corrected chi connectivity index (χ2v) is 8.89. The number of aryl methyl sites for hydroxylation is 1. The van der Waals surface area contributed by atoms with Crippen LogP contribution in [0.2, 0.25) is 0 Å². The quantitative estimate of drug-likeness (QED) is 0.549. The fraction of sp³-hybridized carbons (Fsp3) is 0.462. The van der Waals surface area contributed by atoms with Crippen LogP contribution < -0.4 is 0 Å². The van der Waals surface area contributed by atoms with E-state index in [9.17, 15) is 0 Å². The summed E-state index contributed by atoms with van der Waals surface area (Å²) in [5.41, 5.74) is 6.72. The summed E-state index contributed by atoms with van der Waals surface area (Å²) < 4.78 is 6.48. The van der Waals surface area contributed by atoms with Gasteiger partial charge in [-0.25, -0.2) is 0 Å². The first-order chi connectivity index (χ1) is 13.9. The predicted octanol–water partition coefficient (Wildman–Crippen LogP) is 6.13. The summed E-state index contributed by atoms with van der Waals surface area (Å²) in [7, 11) is 4.41. The van der Waals surface area contributed by atoms with E-state index in [4.69, 9.17) is 4.74 Å². The molecule has 3 aromatic rings. The second kappa shape index (κ2) is 7.97. The highest BCUT2D eigenvalue weighted by molar-refractivity contribution is 5.85. The number of aromatic nitrogens is 1. The average molecular weight is 391 g/mol. The number of hydrogen-bond acceptors (Lipinski definition) is 2. The summed E-state index contributed by atoms with van der Waals surface area (Å²) in [6, 6.07) is 17.7. The van der Waals surface area contributed by atoms with Crippen LogP contribution in [0.1, 0.15) is 61.6 Å². The molecule has 3 atom stereocenters. The lowest BCUT2D eigenvalue weighted by molar-refractivity contribution is -0.0312. The van der Waals surface area contributed by atoms with Crippen molar-refractivity contribution >= 4 is 10.9 Å². The number of hydrogen-bond donors (Lipinski definition) is 1. The van der Waals surface area contributed by atoms with E-state index in [0.717, 1.165) is 25.7 Å². The number of benzene rings is 2. The molecule has 3 heteroatoms. The van der Waals surface area contributed by atoms with Gasteiger partial charge in [0, 0.05) is 28.6 Å². The summed E-state index contributed by atoms with van der Waals surface area (Å²) >= 11 is 0. The van der Waals surface area contributed by atoms with Crippen LogP contribution in [-0.4, -0.2) is 30.1 Å². The van der Waals surface area contributed by atoms with E-state index in [1.807, 2.05) is 0 Å².